The standard InChI is InChI=1S/C20H28N4O5S/c1-14(25)12-30(26,27)23-7-4-15-5-8-24(9-6-15)20-16-10-18(28-2)19(29-3)11-17(16)21-13-22-20/h10-11,13,15,23H,4-9,12H2,1-3H3. The van der Waals surface area contributed by atoms with Crippen LogP contribution < -0.4 is 19.1 Å². The molecule has 0 bridgehead atoms. The molecule has 1 aliphatic heterocycles. The summed E-state index contributed by atoms with van der Waals surface area (Å²) in [5, 5.41) is 0.908. The molecule has 2 aromatic rings. The average Bonchev–Trinajstić information content (AvgIpc) is 2.71. The quantitative estimate of drug-likeness (QED) is 0.633. The normalized spacial score (nSPS) is 15.4. The SMILES string of the molecule is COc1cc2ncnc(N3CCC(CCNS(=O)(=O)CC(C)=O)CC3)c2cc1OC. The van der Waals surface area contributed by atoms with Gasteiger partial charge in [-0.15, -0.1) is 0 Å². The molecule has 1 aromatic heterocycles. The number of benzene rings is 1. The lowest BCUT2D eigenvalue weighted by Crippen LogP contribution is -2.36. The third-order valence-corrected chi connectivity index (χ3v) is 6.73. The van der Waals surface area contributed by atoms with Gasteiger partial charge < -0.3 is 14.4 Å². The number of rotatable bonds is 9. The molecule has 30 heavy (non-hydrogen) atoms. The number of piperidine rings is 1. The summed E-state index contributed by atoms with van der Waals surface area (Å²) in [6.45, 7) is 3.28. The third-order valence-electron chi connectivity index (χ3n) is 5.30. The Kier molecular flexibility index (Phi) is 7.09. The molecule has 1 aliphatic rings. The van der Waals surface area contributed by atoms with Crippen LogP contribution in [-0.4, -0.2) is 63.8 Å². The van der Waals surface area contributed by atoms with Gasteiger partial charge in [0.05, 0.1) is 19.7 Å². The number of anilines is 1. The minimum Gasteiger partial charge on any atom is -0.493 e. The summed E-state index contributed by atoms with van der Waals surface area (Å²) in [6.07, 6.45) is 4.18. The molecule has 1 saturated heterocycles. The van der Waals surface area contributed by atoms with Crippen LogP contribution in [-0.2, 0) is 14.8 Å². The molecular weight excluding hydrogens is 408 g/mol. The number of hydrogen-bond donors (Lipinski definition) is 1. The number of nitrogens with one attached hydrogen (secondary N) is 1. The summed E-state index contributed by atoms with van der Waals surface area (Å²) in [7, 11) is -0.327. The van der Waals surface area contributed by atoms with E-state index in [1.54, 1.807) is 20.5 Å². The number of aromatic nitrogens is 2. The van der Waals surface area contributed by atoms with E-state index in [-0.39, 0.29) is 5.78 Å². The third kappa shape index (κ3) is 5.37. The molecule has 0 saturated carbocycles. The highest BCUT2D eigenvalue weighted by atomic mass is 32.2. The Morgan fingerprint density at radius 2 is 1.83 bits per heavy atom. The topological polar surface area (TPSA) is 111 Å². The van der Waals surface area contributed by atoms with Crippen LogP contribution in [0.1, 0.15) is 26.2 Å². The lowest BCUT2D eigenvalue weighted by atomic mass is 9.93. The van der Waals surface area contributed by atoms with Crippen LogP contribution in [0, 0.1) is 5.92 Å². The number of carbonyl (C=O) groups excluding carboxylic acids is 1. The number of carbonyl (C=O) groups is 1. The summed E-state index contributed by atoms with van der Waals surface area (Å²) in [6, 6.07) is 3.75. The Morgan fingerprint density at radius 3 is 2.47 bits per heavy atom. The number of methoxy groups -OCH3 is 2. The first-order chi connectivity index (χ1) is 14.3. The van der Waals surface area contributed by atoms with E-state index < -0.39 is 15.8 Å². The predicted octanol–water partition coefficient (Wildman–Crippen LogP) is 1.76. The van der Waals surface area contributed by atoms with Crippen LogP contribution in [0.2, 0.25) is 0 Å². The molecule has 1 N–H and O–H groups in total. The summed E-state index contributed by atoms with van der Waals surface area (Å²) in [5.41, 5.74) is 0.791. The maximum absolute atomic E-state index is 11.8. The van der Waals surface area contributed by atoms with Gasteiger partial charge in [0.2, 0.25) is 10.0 Å². The highest BCUT2D eigenvalue weighted by Crippen LogP contribution is 2.35. The minimum absolute atomic E-state index is 0.355. The van der Waals surface area contributed by atoms with Crippen LogP contribution >= 0.6 is 0 Å². The van der Waals surface area contributed by atoms with Crippen LogP contribution in [0.4, 0.5) is 5.82 Å². The molecule has 10 heteroatoms. The van der Waals surface area contributed by atoms with Crippen molar-refractivity contribution in [1.29, 1.82) is 0 Å². The van der Waals surface area contributed by atoms with Gasteiger partial charge in [-0.05, 0) is 38.2 Å². The molecule has 1 fully saturated rings. The van der Waals surface area contributed by atoms with Gasteiger partial charge >= 0.3 is 0 Å². The number of fused-ring (bicyclic) bond motifs is 1. The summed E-state index contributed by atoms with van der Waals surface area (Å²) < 4.78 is 36.8. The molecule has 0 unspecified atom stereocenters. The monoisotopic (exact) mass is 436 g/mol. The zero-order valence-electron chi connectivity index (χ0n) is 17.6. The number of sulfonamides is 1. The molecule has 2 heterocycles. The molecular formula is C20H28N4O5S. The lowest BCUT2D eigenvalue weighted by molar-refractivity contribution is -0.114. The first-order valence-corrected chi connectivity index (χ1v) is 11.6. The Hall–Kier alpha value is -2.46. The second-order valence-corrected chi connectivity index (χ2v) is 9.30. The van der Waals surface area contributed by atoms with Gasteiger partial charge in [-0.2, -0.15) is 0 Å². The van der Waals surface area contributed by atoms with Crippen molar-refractivity contribution in [2.24, 2.45) is 5.92 Å². The van der Waals surface area contributed by atoms with Gasteiger partial charge in [0.1, 0.15) is 23.7 Å². The largest absolute Gasteiger partial charge is 0.493 e. The van der Waals surface area contributed by atoms with Gasteiger partial charge in [0.25, 0.3) is 0 Å². The van der Waals surface area contributed by atoms with Crippen molar-refractivity contribution in [1.82, 2.24) is 14.7 Å². The maximum Gasteiger partial charge on any atom is 0.218 e. The average molecular weight is 437 g/mol. The van der Waals surface area contributed by atoms with Crippen molar-refractivity contribution >= 4 is 32.5 Å². The van der Waals surface area contributed by atoms with Crippen molar-refractivity contribution in [2.45, 2.75) is 26.2 Å². The molecule has 0 radical (unpaired) electrons. The van der Waals surface area contributed by atoms with E-state index >= 15 is 0 Å². The van der Waals surface area contributed by atoms with E-state index in [1.165, 1.54) is 6.92 Å². The van der Waals surface area contributed by atoms with Crippen molar-refractivity contribution in [2.75, 3.05) is 44.5 Å². The van der Waals surface area contributed by atoms with Crippen molar-refractivity contribution < 1.29 is 22.7 Å². The minimum atomic E-state index is -3.52. The number of hydrogen-bond acceptors (Lipinski definition) is 8. The lowest BCUT2D eigenvalue weighted by Gasteiger charge is -2.33. The molecule has 1 aromatic carbocycles. The Balaban J connectivity index is 1.62. The Labute approximate surface area is 176 Å². The predicted molar refractivity (Wildman–Crippen MR) is 115 cm³/mol. The van der Waals surface area contributed by atoms with E-state index in [4.69, 9.17) is 9.47 Å². The number of nitrogens with zero attached hydrogens (tertiary/aromatic N) is 3. The smallest absolute Gasteiger partial charge is 0.218 e. The van der Waals surface area contributed by atoms with E-state index in [2.05, 4.69) is 19.6 Å². The maximum atomic E-state index is 11.8. The van der Waals surface area contributed by atoms with E-state index in [9.17, 15) is 13.2 Å². The second kappa shape index (κ2) is 9.57. The number of Topliss-reactive ketones (excluding diaryl/α,β-unsaturated/α-hetero) is 1. The van der Waals surface area contributed by atoms with E-state index in [1.807, 2.05) is 12.1 Å². The fraction of sp³-hybridized carbons (Fsp3) is 0.550. The number of ether oxygens (including phenoxy) is 2. The zero-order chi connectivity index (χ0) is 21.7. The zero-order valence-corrected chi connectivity index (χ0v) is 18.4. The van der Waals surface area contributed by atoms with E-state index in [0.717, 1.165) is 49.1 Å². The van der Waals surface area contributed by atoms with Gasteiger partial charge in [-0.1, -0.05) is 0 Å². The van der Waals surface area contributed by atoms with Gasteiger partial charge in [0.15, 0.2) is 11.5 Å². The van der Waals surface area contributed by atoms with Crippen molar-refractivity contribution in [3.8, 4) is 11.5 Å². The molecule has 0 aliphatic carbocycles. The molecule has 164 valence electrons. The summed E-state index contributed by atoms with van der Waals surface area (Å²) >= 11 is 0. The highest BCUT2D eigenvalue weighted by molar-refractivity contribution is 7.90. The fourth-order valence-electron chi connectivity index (χ4n) is 3.79. The number of ketones is 1. The molecule has 0 spiro atoms. The Bertz CT molecular complexity index is 1000. The molecule has 0 atom stereocenters. The molecule has 0 amide bonds. The van der Waals surface area contributed by atoms with Gasteiger partial charge in [-0.3, -0.25) is 4.79 Å². The summed E-state index contributed by atoms with van der Waals surface area (Å²) in [4.78, 5) is 22.1. The second-order valence-electron chi connectivity index (χ2n) is 7.50. The first kappa shape index (κ1) is 22.2. The van der Waals surface area contributed by atoms with Gasteiger partial charge in [0, 0.05) is 31.1 Å². The molecule has 3 rings (SSSR count). The van der Waals surface area contributed by atoms with Crippen molar-refractivity contribution in [3.63, 3.8) is 0 Å². The fourth-order valence-corrected chi connectivity index (χ4v) is 4.86. The Morgan fingerprint density at radius 1 is 1.17 bits per heavy atom. The van der Waals surface area contributed by atoms with Crippen LogP contribution in [0.15, 0.2) is 18.5 Å². The van der Waals surface area contributed by atoms with E-state index in [0.29, 0.717) is 24.0 Å². The molecule has 9 nitrogen and oxygen atoms in total. The van der Waals surface area contributed by atoms with Crippen LogP contribution in [0.5, 0.6) is 11.5 Å². The van der Waals surface area contributed by atoms with Crippen molar-refractivity contribution in [3.05, 3.63) is 18.5 Å². The van der Waals surface area contributed by atoms with Crippen LogP contribution in [0.3, 0.4) is 0 Å². The van der Waals surface area contributed by atoms with Gasteiger partial charge in [-0.25, -0.2) is 23.1 Å². The highest BCUT2D eigenvalue weighted by Gasteiger charge is 2.23. The van der Waals surface area contributed by atoms with Crippen LogP contribution in [0.25, 0.3) is 10.9 Å². The first-order valence-electron chi connectivity index (χ1n) is 9.91. The summed E-state index contributed by atoms with van der Waals surface area (Å²) in [5.74, 6) is 1.72.